The number of benzene rings is 1. The van der Waals surface area contributed by atoms with E-state index in [2.05, 4.69) is 12.6 Å². The summed E-state index contributed by atoms with van der Waals surface area (Å²) in [4.78, 5) is 13.4. The molecule has 4 heteroatoms. The minimum absolute atomic E-state index is 0.0520. The predicted molar refractivity (Wildman–Crippen MR) is 87.7 cm³/mol. The van der Waals surface area contributed by atoms with Crippen molar-refractivity contribution in [3.63, 3.8) is 0 Å². The van der Waals surface area contributed by atoms with Gasteiger partial charge in [-0.25, -0.2) is 0 Å². The SMILES string of the molecule is Cc1c(C(=O)c2ccccc2)sc(S)c1-[n+]1ccccc1. The average molecular weight is 312 g/mol. The van der Waals surface area contributed by atoms with Gasteiger partial charge in [0.05, 0.1) is 4.88 Å². The molecule has 0 N–H and O–H groups in total. The number of pyridine rings is 1. The summed E-state index contributed by atoms with van der Waals surface area (Å²) in [5, 5.41) is 0. The highest BCUT2D eigenvalue weighted by molar-refractivity contribution is 7.83. The van der Waals surface area contributed by atoms with Gasteiger partial charge in [0.1, 0.15) is 4.21 Å². The number of carbonyl (C=O) groups excluding carboxylic acids is 1. The minimum Gasteiger partial charge on any atom is -0.288 e. The summed E-state index contributed by atoms with van der Waals surface area (Å²) in [5.74, 6) is 0.0520. The molecule has 3 aromatic rings. The number of carbonyl (C=O) groups is 1. The first-order valence-electron chi connectivity index (χ1n) is 6.57. The molecule has 2 heterocycles. The van der Waals surface area contributed by atoms with Gasteiger partial charge in [-0.05, 0) is 6.92 Å². The fraction of sp³-hybridized carbons (Fsp3) is 0.0588. The van der Waals surface area contributed by atoms with Crippen molar-refractivity contribution < 1.29 is 9.36 Å². The van der Waals surface area contributed by atoms with Gasteiger partial charge in [-0.2, -0.15) is 4.57 Å². The number of aromatic nitrogens is 1. The van der Waals surface area contributed by atoms with Gasteiger partial charge in [0.2, 0.25) is 11.5 Å². The van der Waals surface area contributed by atoms with Crippen molar-refractivity contribution in [3.05, 3.63) is 76.9 Å². The van der Waals surface area contributed by atoms with Gasteiger partial charge >= 0.3 is 0 Å². The Morgan fingerprint density at radius 3 is 2.33 bits per heavy atom. The van der Waals surface area contributed by atoms with Gasteiger partial charge in [0.25, 0.3) is 0 Å². The van der Waals surface area contributed by atoms with Crippen LogP contribution in [0, 0.1) is 6.92 Å². The Hall–Kier alpha value is -1.91. The largest absolute Gasteiger partial charge is 0.288 e. The van der Waals surface area contributed by atoms with E-state index in [1.165, 1.54) is 11.3 Å². The van der Waals surface area contributed by atoms with E-state index in [4.69, 9.17) is 0 Å². The zero-order valence-electron chi connectivity index (χ0n) is 11.5. The molecular formula is C17H14NOS2+. The van der Waals surface area contributed by atoms with Crippen LogP contribution in [0.15, 0.2) is 65.1 Å². The zero-order chi connectivity index (χ0) is 14.8. The predicted octanol–water partition coefficient (Wildman–Crippen LogP) is 3.85. The van der Waals surface area contributed by atoms with Crippen LogP contribution >= 0.6 is 24.0 Å². The Morgan fingerprint density at radius 1 is 1.05 bits per heavy atom. The van der Waals surface area contributed by atoms with Crippen LogP contribution in [-0.2, 0) is 0 Å². The van der Waals surface area contributed by atoms with E-state index in [1.807, 2.05) is 72.4 Å². The first-order valence-corrected chi connectivity index (χ1v) is 7.83. The number of thiol groups is 1. The molecule has 0 radical (unpaired) electrons. The molecule has 104 valence electrons. The Balaban J connectivity index is 2.09. The monoisotopic (exact) mass is 312 g/mol. The van der Waals surface area contributed by atoms with Crippen molar-refractivity contribution in [2.24, 2.45) is 0 Å². The molecule has 0 aliphatic carbocycles. The van der Waals surface area contributed by atoms with E-state index in [0.29, 0.717) is 5.56 Å². The van der Waals surface area contributed by atoms with E-state index >= 15 is 0 Å². The molecule has 2 nitrogen and oxygen atoms in total. The van der Waals surface area contributed by atoms with Crippen molar-refractivity contribution >= 4 is 29.7 Å². The molecule has 0 saturated heterocycles. The highest BCUT2D eigenvalue weighted by Gasteiger charge is 2.25. The van der Waals surface area contributed by atoms with E-state index in [0.717, 1.165) is 20.3 Å². The quantitative estimate of drug-likeness (QED) is 0.442. The lowest BCUT2D eigenvalue weighted by Gasteiger charge is -1.99. The lowest BCUT2D eigenvalue weighted by Crippen LogP contribution is -2.30. The van der Waals surface area contributed by atoms with Gasteiger partial charge < -0.3 is 0 Å². The maximum atomic E-state index is 12.6. The van der Waals surface area contributed by atoms with Crippen LogP contribution < -0.4 is 4.57 Å². The van der Waals surface area contributed by atoms with Crippen LogP contribution in [0.2, 0.25) is 0 Å². The maximum Gasteiger partial charge on any atom is 0.238 e. The van der Waals surface area contributed by atoms with Crippen molar-refractivity contribution in [2.75, 3.05) is 0 Å². The topological polar surface area (TPSA) is 20.9 Å². The van der Waals surface area contributed by atoms with Crippen LogP contribution in [-0.4, -0.2) is 5.78 Å². The zero-order valence-corrected chi connectivity index (χ0v) is 13.2. The van der Waals surface area contributed by atoms with Crippen LogP contribution in [0.5, 0.6) is 0 Å². The molecule has 0 aliphatic heterocycles. The Labute approximate surface area is 133 Å². The van der Waals surface area contributed by atoms with Gasteiger partial charge in [-0.1, -0.05) is 36.4 Å². The summed E-state index contributed by atoms with van der Waals surface area (Å²) in [6.07, 6.45) is 3.93. The molecule has 3 rings (SSSR count). The lowest BCUT2D eigenvalue weighted by molar-refractivity contribution is -0.598. The molecule has 0 spiro atoms. The van der Waals surface area contributed by atoms with Crippen LogP contribution in [0.25, 0.3) is 5.69 Å². The van der Waals surface area contributed by atoms with Crippen molar-refractivity contribution in [1.29, 1.82) is 0 Å². The molecule has 0 bridgehead atoms. The number of hydrogen-bond acceptors (Lipinski definition) is 3. The van der Waals surface area contributed by atoms with Crippen LogP contribution in [0.1, 0.15) is 20.8 Å². The van der Waals surface area contributed by atoms with Gasteiger partial charge in [-0.3, -0.25) is 4.79 Å². The molecule has 0 amide bonds. The number of hydrogen-bond donors (Lipinski definition) is 1. The second-order valence-corrected chi connectivity index (χ2v) is 6.46. The van der Waals surface area contributed by atoms with Crippen LogP contribution in [0.3, 0.4) is 0 Å². The summed E-state index contributed by atoms with van der Waals surface area (Å²) in [6, 6.07) is 15.2. The number of thiophene rings is 1. The highest BCUT2D eigenvalue weighted by Crippen LogP contribution is 2.32. The normalized spacial score (nSPS) is 10.6. The molecule has 0 unspecified atom stereocenters. The third-order valence-corrected chi connectivity index (χ3v) is 4.88. The minimum atomic E-state index is 0.0520. The second-order valence-electron chi connectivity index (χ2n) is 4.69. The summed E-state index contributed by atoms with van der Waals surface area (Å²) >= 11 is 5.98. The Morgan fingerprint density at radius 2 is 1.67 bits per heavy atom. The van der Waals surface area contributed by atoms with Crippen molar-refractivity contribution in [2.45, 2.75) is 11.1 Å². The number of ketones is 1. The van der Waals surface area contributed by atoms with Gasteiger partial charge in [0.15, 0.2) is 12.4 Å². The Kier molecular flexibility index (Phi) is 3.90. The smallest absolute Gasteiger partial charge is 0.238 e. The van der Waals surface area contributed by atoms with Crippen molar-refractivity contribution in [1.82, 2.24) is 0 Å². The van der Waals surface area contributed by atoms with E-state index < -0.39 is 0 Å². The number of nitrogens with zero attached hydrogens (tertiary/aromatic N) is 1. The molecule has 21 heavy (non-hydrogen) atoms. The molecule has 0 saturated carbocycles. The van der Waals surface area contributed by atoms with Crippen molar-refractivity contribution in [3.8, 4) is 5.69 Å². The summed E-state index contributed by atoms with van der Waals surface area (Å²) in [7, 11) is 0. The third kappa shape index (κ3) is 2.64. The molecule has 0 fully saturated rings. The highest BCUT2D eigenvalue weighted by atomic mass is 32.2. The summed E-state index contributed by atoms with van der Waals surface area (Å²) < 4.78 is 2.85. The molecule has 1 aromatic carbocycles. The van der Waals surface area contributed by atoms with Crippen LogP contribution in [0.4, 0.5) is 0 Å². The molecule has 0 atom stereocenters. The van der Waals surface area contributed by atoms with Gasteiger partial charge in [-0.15, -0.1) is 24.0 Å². The maximum absolute atomic E-state index is 12.6. The molecule has 0 aliphatic rings. The fourth-order valence-corrected chi connectivity index (χ4v) is 3.84. The summed E-state index contributed by atoms with van der Waals surface area (Å²) in [6.45, 7) is 1.97. The number of rotatable bonds is 3. The van der Waals surface area contributed by atoms with Gasteiger partial charge in [0, 0.05) is 23.3 Å². The fourth-order valence-electron chi connectivity index (χ4n) is 2.28. The summed E-state index contributed by atoms with van der Waals surface area (Å²) in [5.41, 5.74) is 2.65. The molecule has 2 aromatic heterocycles. The second kappa shape index (κ2) is 5.84. The van der Waals surface area contributed by atoms with E-state index in [-0.39, 0.29) is 5.78 Å². The van der Waals surface area contributed by atoms with E-state index in [9.17, 15) is 4.79 Å². The standard InChI is InChI=1S/C17H13NOS2/c1-12-14(18-10-6-3-7-11-18)17(20)21-16(12)15(19)13-8-4-2-5-9-13/h2-11H,1H3/p+1. The van der Waals surface area contributed by atoms with E-state index in [1.54, 1.807) is 0 Å². The first-order chi connectivity index (χ1) is 10.2. The lowest BCUT2D eigenvalue weighted by atomic mass is 10.1. The first kappa shape index (κ1) is 14.0. The average Bonchev–Trinajstić information content (AvgIpc) is 2.83. The molecular weight excluding hydrogens is 298 g/mol. The third-order valence-electron chi connectivity index (χ3n) is 3.31. The Bertz CT molecular complexity index is 779.